The summed E-state index contributed by atoms with van der Waals surface area (Å²) in [5, 5.41) is 10.1. The molecule has 2 nitrogen and oxygen atoms in total. The van der Waals surface area contributed by atoms with Crippen LogP contribution >= 0.6 is 11.3 Å². The van der Waals surface area contributed by atoms with Gasteiger partial charge in [0.15, 0.2) is 0 Å². The van der Waals surface area contributed by atoms with Crippen LogP contribution in [0.5, 0.6) is 0 Å². The van der Waals surface area contributed by atoms with E-state index in [1.54, 1.807) is 11.3 Å². The Bertz CT molecular complexity index is 424. The normalized spacial score (nSPS) is 12.7. The summed E-state index contributed by atoms with van der Waals surface area (Å²) < 4.78 is 0. The molecule has 0 saturated heterocycles. The maximum Gasteiger partial charge on any atom is 0.113 e. The van der Waals surface area contributed by atoms with Crippen molar-refractivity contribution in [2.24, 2.45) is 5.73 Å². The fraction of sp³-hybridized carbons (Fsp3) is 0.167. The van der Waals surface area contributed by atoms with Gasteiger partial charge in [0.05, 0.1) is 0 Å². The quantitative estimate of drug-likeness (QED) is 0.832. The molecule has 2 aromatic rings. The lowest BCUT2D eigenvalue weighted by molar-refractivity contribution is 0.224. The van der Waals surface area contributed by atoms with Gasteiger partial charge >= 0.3 is 0 Å². The van der Waals surface area contributed by atoms with Gasteiger partial charge in [0.1, 0.15) is 6.10 Å². The molecule has 15 heavy (non-hydrogen) atoms. The van der Waals surface area contributed by atoms with E-state index in [0.717, 1.165) is 15.3 Å². The zero-order valence-corrected chi connectivity index (χ0v) is 9.08. The molecule has 0 radical (unpaired) electrons. The summed E-state index contributed by atoms with van der Waals surface area (Å²) >= 11 is 1.56. The summed E-state index contributed by atoms with van der Waals surface area (Å²) in [6.07, 6.45) is -0.531. The Morgan fingerprint density at radius 2 is 1.87 bits per heavy atom. The minimum absolute atomic E-state index is 0.531. The van der Waals surface area contributed by atoms with Crippen molar-refractivity contribution < 1.29 is 5.11 Å². The van der Waals surface area contributed by atoms with Crippen LogP contribution in [0.1, 0.15) is 21.4 Å². The summed E-state index contributed by atoms with van der Waals surface area (Å²) in [5.41, 5.74) is 6.45. The summed E-state index contributed by atoms with van der Waals surface area (Å²) in [7, 11) is 0. The lowest BCUT2D eigenvalue weighted by atomic mass is 10.1. The first-order chi connectivity index (χ1) is 7.31. The standard InChI is InChI=1S/C12H13NOS/c13-8-10-6-7-11(15-10)12(14)9-4-2-1-3-5-9/h1-7,12,14H,8,13H2. The summed E-state index contributed by atoms with van der Waals surface area (Å²) in [5.74, 6) is 0. The second-order valence-electron chi connectivity index (χ2n) is 3.32. The van der Waals surface area contributed by atoms with Crippen molar-refractivity contribution in [1.29, 1.82) is 0 Å². The van der Waals surface area contributed by atoms with Crippen molar-refractivity contribution in [3.8, 4) is 0 Å². The molecule has 1 aromatic heterocycles. The van der Waals surface area contributed by atoms with E-state index in [2.05, 4.69) is 0 Å². The molecule has 1 unspecified atom stereocenters. The van der Waals surface area contributed by atoms with Crippen LogP contribution in [0.4, 0.5) is 0 Å². The van der Waals surface area contributed by atoms with Crippen LogP contribution in [-0.2, 0) is 6.54 Å². The summed E-state index contributed by atoms with van der Waals surface area (Å²) in [4.78, 5) is 2.04. The maximum atomic E-state index is 10.1. The van der Waals surface area contributed by atoms with E-state index in [1.165, 1.54) is 0 Å². The number of hydrogen-bond donors (Lipinski definition) is 2. The maximum absolute atomic E-state index is 10.1. The smallest absolute Gasteiger partial charge is 0.113 e. The first-order valence-corrected chi connectivity index (χ1v) is 5.64. The van der Waals surface area contributed by atoms with Crippen molar-refractivity contribution >= 4 is 11.3 Å². The number of aliphatic hydroxyl groups excluding tert-OH is 1. The highest BCUT2D eigenvalue weighted by molar-refractivity contribution is 7.12. The third-order valence-corrected chi connectivity index (χ3v) is 3.43. The first-order valence-electron chi connectivity index (χ1n) is 4.83. The fourth-order valence-corrected chi connectivity index (χ4v) is 2.36. The lowest BCUT2D eigenvalue weighted by Gasteiger charge is -2.07. The molecule has 2 rings (SSSR count). The monoisotopic (exact) mass is 219 g/mol. The number of benzene rings is 1. The van der Waals surface area contributed by atoms with Crippen molar-refractivity contribution in [3.05, 3.63) is 57.8 Å². The molecule has 0 amide bonds. The zero-order valence-electron chi connectivity index (χ0n) is 8.26. The van der Waals surface area contributed by atoms with Gasteiger partial charge in [-0.05, 0) is 17.7 Å². The Balaban J connectivity index is 2.24. The van der Waals surface area contributed by atoms with Crippen LogP contribution in [0.15, 0.2) is 42.5 Å². The van der Waals surface area contributed by atoms with E-state index in [1.807, 2.05) is 42.5 Å². The Kier molecular flexibility index (Phi) is 3.16. The number of rotatable bonds is 3. The van der Waals surface area contributed by atoms with E-state index in [-0.39, 0.29) is 0 Å². The van der Waals surface area contributed by atoms with Gasteiger partial charge in [-0.25, -0.2) is 0 Å². The topological polar surface area (TPSA) is 46.2 Å². The third-order valence-electron chi connectivity index (χ3n) is 2.27. The van der Waals surface area contributed by atoms with Gasteiger partial charge in [-0.2, -0.15) is 0 Å². The molecule has 1 heterocycles. The van der Waals surface area contributed by atoms with Crippen molar-refractivity contribution in [2.45, 2.75) is 12.6 Å². The van der Waals surface area contributed by atoms with Crippen LogP contribution in [0.2, 0.25) is 0 Å². The van der Waals surface area contributed by atoms with Crippen molar-refractivity contribution in [1.82, 2.24) is 0 Å². The van der Waals surface area contributed by atoms with E-state index >= 15 is 0 Å². The average molecular weight is 219 g/mol. The molecule has 0 bridgehead atoms. The van der Waals surface area contributed by atoms with Gasteiger partial charge < -0.3 is 10.8 Å². The van der Waals surface area contributed by atoms with Gasteiger partial charge in [0.2, 0.25) is 0 Å². The second kappa shape index (κ2) is 4.57. The van der Waals surface area contributed by atoms with E-state index in [9.17, 15) is 5.11 Å². The van der Waals surface area contributed by atoms with Crippen LogP contribution in [0.25, 0.3) is 0 Å². The molecule has 3 heteroatoms. The Hall–Kier alpha value is -1.16. The molecular weight excluding hydrogens is 206 g/mol. The molecule has 1 aromatic carbocycles. The second-order valence-corrected chi connectivity index (χ2v) is 4.52. The van der Waals surface area contributed by atoms with E-state index in [4.69, 9.17) is 5.73 Å². The molecular formula is C12H13NOS. The first kappa shape index (κ1) is 10.4. The summed E-state index contributed by atoms with van der Waals surface area (Å²) in [6.45, 7) is 0.534. The highest BCUT2D eigenvalue weighted by atomic mass is 32.1. The molecule has 0 fully saturated rings. The highest BCUT2D eigenvalue weighted by Gasteiger charge is 2.11. The van der Waals surface area contributed by atoms with Crippen LogP contribution in [0.3, 0.4) is 0 Å². The molecule has 0 aliphatic rings. The van der Waals surface area contributed by atoms with Gasteiger partial charge in [-0.15, -0.1) is 11.3 Å². The van der Waals surface area contributed by atoms with Gasteiger partial charge in [-0.1, -0.05) is 30.3 Å². The average Bonchev–Trinajstić information content (AvgIpc) is 2.78. The minimum atomic E-state index is -0.531. The number of hydrogen-bond acceptors (Lipinski definition) is 3. The molecule has 0 spiro atoms. The lowest BCUT2D eigenvalue weighted by Crippen LogP contribution is -1.96. The largest absolute Gasteiger partial charge is 0.383 e. The van der Waals surface area contributed by atoms with Crippen LogP contribution in [-0.4, -0.2) is 5.11 Å². The number of nitrogens with two attached hydrogens (primary N) is 1. The molecule has 0 aliphatic heterocycles. The third kappa shape index (κ3) is 2.26. The fourth-order valence-electron chi connectivity index (χ4n) is 1.45. The molecule has 0 saturated carbocycles. The highest BCUT2D eigenvalue weighted by Crippen LogP contribution is 2.27. The van der Waals surface area contributed by atoms with E-state index in [0.29, 0.717) is 6.54 Å². The van der Waals surface area contributed by atoms with Crippen molar-refractivity contribution in [2.75, 3.05) is 0 Å². The number of thiophene rings is 1. The Labute approximate surface area is 93.0 Å². The van der Waals surface area contributed by atoms with Crippen LogP contribution < -0.4 is 5.73 Å². The van der Waals surface area contributed by atoms with Crippen molar-refractivity contribution in [3.63, 3.8) is 0 Å². The zero-order chi connectivity index (χ0) is 10.7. The molecule has 78 valence electrons. The van der Waals surface area contributed by atoms with Gasteiger partial charge in [-0.3, -0.25) is 0 Å². The molecule has 3 N–H and O–H groups in total. The Morgan fingerprint density at radius 3 is 2.47 bits per heavy atom. The predicted octanol–water partition coefficient (Wildman–Crippen LogP) is 2.29. The SMILES string of the molecule is NCc1ccc(C(O)c2ccccc2)s1. The van der Waals surface area contributed by atoms with Gasteiger partial charge in [0.25, 0.3) is 0 Å². The summed E-state index contributed by atoms with van der Waals surface area (Å²) in [6, 6.07) is 13.5. The predicted molar refractivity (Wildman–Crippen MR) is 62.7 cm³/mol. The van der Waals surface area contributed by atoms with Crippen LogP contribution in [0, 0.1) is 0 Å². The van der Waals surface area contributed by atoms with Gasteiger partial charge in [0, 0.05) is 16.3 Å². The number of aliphatic hydroxyl groups is 1. The minimum Gasteiger partial charge on any atom is -0.383 e. The molecule has 0 aliphatic carbocycles. The van der Waals surface area contributed by atoms with E-state index < -0.39 is 6.10 Å². The Morgan fingerprint density at radius 1 is 1.13 bits per heavy atom. The molecule has 1 atom stereocenters.